The summed E-state index contributed by atoms with van der Waals surface area (Å²) >= 11 is 0. The highest BCUT2D eigenvalue weighted by atomic mass is 16.5. The quantitative estimate of drug-likeness (QED) is 0.788. The average molecular weight is 304 g/mol. The number of amides is 1. The summed E-state index contributed by atoms with van der Waals surface area (Å²) in [6, 6.07) is 10.2. The highest BCUT2D eigenvalue weighted by molar-refractivity contribution is 5.76. The predicted molar refractivity (Wildman–Crippen MR) is 88.4 cm³/mol. The van der Waals surface area contributed by atoms with Gasteiger partial charge in [-0.25, -0.2) is 0 Å². The van der Waals surface area contributed by atoms with Gasteiger partial charge in [0.05, 0.1) is 18.8 Å². The molecule has 2 N–H and O–H groups in total. The molecular formula is C18H28N2O2. The van der Waals surface area contributed by atoms with Gasteiger partial charge in [-0.15, -0.1) is 0 Å². The molecule has 0 bridgehead atoms. The Morgan fingerprint density at radius 2 is 1.95 bits per heavy atom. The number of morpholine rings is 1. The molecule has 1 aliphatic rings. The maximum absolute atomic E-state index is 12.6. The van der Waals surface area contributed by atoms with Gasteiger partial charge in [0, 0.05) is 13.0 Å². The van der Waals surface area contributed by atoms with Gasteiger partial charge in [0.25, 0.3) is 0 Å². The molecule has 2 unspecified atom stereocenters. The van der Waals surface area contributed by atoms with Gasteiger partial charge in [-0.2, -0.15) is 0 Å². The molecule has 1 saturated heterocycles. The zero-order valence-corrected chi connectivity index (χ0v) is 13.5. The van der Waals surface area contributed by atoms with Gasteiger partial charge < -0.3 is 15.4 Å². The highest BCUT2D eigenvalue weighted by Gasteiger charge is 2.31. The fourth-order valence-electron chi connectivity index (χ4n) is 2.95. The van der Waals surface area contributed by atoms with Crippen molar-refractivity contribution in [2.45, 2.75) is 51.2 Å². The molecule has 0 spiro atoms. The number of rotatable bonds is 7. The Kier molecular flexibility index (Phi) is 6.87. The van der Waals surface area contributed by atoms with Gasteiger partial charge in [0.2, 0.25) is 5.91 Å². The molecule has 1 heterocycles. The first-order chi connectivity index (χ1) is 10.7. The number of carbonyl (C=O) groups excluding carboxylic acids is 1. The Hall–Kier alpha value is -1.39. The molecule has 1 aromatic rings. The smallest absolute Gasteiger partial charge is 0.223 e. The van der Waals surface area contributed by atoms with E-state index >= 15 is 0 Å². The summed E-state index contributed by atoms with van der Waals surface area (Å²) < 4.78 is 5.78. The monoisotopic (exact) mass is 304 g/mol. The van der Waals surface area contributed by atoms with Crippen LogP contribution in [0.3, 0.4) is 0 Å². The van der Waals surface area contributed by atoms with E-state index in [4.69, 9.17) is 10.5 Å². The van der Waals surface area contributed by atoms with E-state index < -0.39 is 0 Å². The standard InChI is InChI=1S/C18H28N2O2/c1-15-13-20(18(21)11-7-2-3-8-12-19)17(14-22-15)16-9-5-4-6-10-16/h4-6,9-10,15,17H,2-3,7-8,11-14,19H2,1H3. The number of nitrogens with zero attached hydrogens (tertiary/aromatic N) is 1. The minimum Gasteiger partial charge on any atom is -0.374 e. The second kappa shape index (κ2) is 8.91. The zero-order valence-electron chi connectivity index (χ0n) is 13.5. The van der Waals surface area contributed by atoms with E-state index in [-0.39, 0.29) is 18.1 Å². The van der Waals surface area contributed by atoms with Crippen LogP contribution in [0.2, 0.25) is 0 Å². The summed E-state index contributed by atoms with van der Waals surface area (Å²) in [6.07, 6.45) is 4.94. The second-order valence-corrected chi connectivity index (χ2v) is 6.07. The Morgan fingerprint density at radius 1 is 1.23 bits per heavy atom. The van der Waals surface area contributed by atoms with Crippen LogP contribution in [0.4, 0.5) is 0 Å². The van der Waals surface area contributed by atoms with E-state index in [9.17, 15) is 4.79 Å². The number of nitrogens with two attached hydrogens (primary N) is 1. The van der Waals surface area contributed by atoms with Crippen LogP contribution >= 0.6 is 0 Å². The lowest BCUT2D eigenvalue weighted by Gasteiger charge is -2.39. The van der Waals surface area contributed by atoms with Gasteiger partial charge in [-0.3, -0.25) is 4.79 Å². The number of ether oxygens (including phenoxy) is 1. The van der Waals surface area contributed by atoms with Crippen LogP contribution in [0.25, 0.3) is 0 Å². The summed E-state index contributed by atoms with van der Waals surface area (Å²) in [5.41, 5.74) is 6.65. The lowest BCUT2D eigenvalue weighted by Crippen LogP contribution is -2.46. The van der Waals surface area contributed by atoms with Crippen LogP contribution in [0.15, 0.2) is 30.3 Å². The SMILES string of the molecule is CC1CN(C(=O)CCCCCCN)C(c2ccccc2)CO1. The maximum Gasteiger partial charge on any atom is 0.223 e. The molecule has 4 nitrogen and oxygen atoms in total. The molecule has 22 heavy (non-hydrogen) atoms. The largest absolute Gasteiger partial charge is 0.374 e. The van der Waals surface area contributed by atoms with Crippen molar-refractivity contribution < 1.29 is 9.53 Å². The summed E-state index contributed by atoms with van der Waals surface area (Å²) in [7, 11) is 0. The Labute approximate surface area is 133 Å². The minimum absolute atomic E-state index is 0.0499. The van der Waals surface area contributed by atoms with Crippen molar-refractivity contribution in [2.24, 2.45) is 5.73 Å². The lowest BCUT2D eigenvalue weighted by atomic mass is 10.0. The maximum atomic E-state index is 12.6. The lowest BCUT2D eigenvalue weighted by molar-refractivity contribution is -0.144. The van der Waals surface area contributed by atoms with Crippen molar-refractivity contribution >= 4 is 5.91 Å². The molecule has 1 fully saturated rings. The van der Waals surface area contributed by atoms with E-state index in [1.807, 2.05) is 30.0 Å². The number of carbonyl (C=O) groups is 1. The van der Waals surface area contributed by atoms with Crippen molar-refractivity contribution in [3.8, 4) is 0 Å². The van der Waals surface area contributed by atoms with Gasteiger partial charge in [-0.1, -0.05) is 43.2 Å². The normalized spacial score (nSPS) is 21.8. The van der Waals surface area contributed by atoms with Gasteiger partial charge in [-0.05, 0) is 31.9 Å². The van der Waals surface area contributed by atoms with Gasteiger partial charge >= 0.3 is 0 Å². The fourth-order valence-corrected chi connectivity index (χ4v) is 2.95. The average Bonchev–Trinajstić information content (AvgIpc) is 2.55. The molecule has 1 aromatic carbocycles. The van der Waals surface area contributed by atoms with Crippen LogP contribution in [-0.4, -0.2) is 36.6 Å². The van der Waals surface area contributed by atoms with E-state index in [2.05, 4.69) is 12.1 Å². The molecule has 2 atom stereocenters. The van der Waals surface area contributed by atoms with Crippen molar-refractivity contribution in [1.29, 1.82) is 0 Å². The summed E-state index contributed by atoms with van der Waals surface area (Å²) in [6.45, 7) is 4.04. The van der Waals surface area contributed by atoms with E-state index in [0.717, 1.165) is 37.8 Å². The Bertz CT molecular complexity index is 450. The summed E-state index contributed by atoms with van der Waals surface area (Å²) in [5.74, 6) is 0.247. The molecule has 0 saturated carbocycles. The van der Waals surface area contributed by atoms with E-state index in [1.165, 1.54) is 0 Å². The highest BCUT2D eigenvalue weighted by Crippen LogP contribution is 2.27. The molecular weight excluding hydrogens is 276 g/mol. The molecule has 0 aromatic heterocycles. The van der Waals surface area contributed by atoms with Crippen LogP contribution in [0, 0.1) is 0 Å². The number of unbranched alkanes of at least 4 members (excludes halogenated alkanes) is 3. The van der Waals surface area contributed by atoms with E-state index in [0.29, 0.717) is 19.6 Å². The van der Waals surface area contributed by atoms with Crippen LogP contribution < -0.4 is 5.73 Å². The molecule has 0 radical (unpaired) electrons. The van der Waals surface area contributed by atoms with Crippen molar-refractivity contribution in [2.75, 3.05) is 19.7 Å². The zero-order chi connectivity index (χ0) is 15.8. The fraction of sp³-hybridized carbons (Fsp3) is 0.611. The Morgan fingerprint density at radius 3 is 2.68 bits per heavy atom. The summed E-state index contributed by atoms with van der Waals surface area (Å²) in [4.78, 5) is 14.6. The third kappa shape index (κ3) is 4.82. The van der Waals surface area contributed by atoms with Crippen molar-refractivity contribution in [1.82, 2.24) is 4.90 Å². The third-order valence-corrected chi connectivity index (χ3v) is 4.22. The second-order valence-electron chi connectivity index (χ2n) is 6.07. The van der Waals surface area contributed by atoms with Crippen LogP contribution in [-0.2, 0) is 9.53 Å². The molecule has 2 rings (SSSR count). The van der Waals surface area contributed by atoms with Gasteiger partial charge in [0.15, 0.2) is 0 Å². The molecule has 1 aliphatic heterocycles. The first kappa shape index (κ1) is 17.0. The third-order valence-electron chi connectivity index (χ3n) is 4.22. The molecule has 1 amide bonds. The van der Waals surface area contributed by atoms with E-state index in [1.54, 1.807) is 0 Å². The molecule has 122 valence electrons. The first-order valence-electron chi connectivity index (χ1n) is 8.38. The van der Waals surface area contributed by atoms with Crippen molar-refractivity contribution in [3.05, 3.63) is 35.9 Å². The van der Waals surface area contributed by atoms with Crippen LogP contribution in [0.1, 0.15) is 50.6 Å². The minimum atomic E-state index is 0.0499. The Balaban J connectivity index is 1.93. The molecule has 4 heteroatoms. The predicted octanol–water partition coefficient (Wildman–Crippen LogP) is 2.88. The topological polar surface area (TPSA) is 55.6 Å². The van der Waals surface area contributed by atoms with Crippen molar-refractivity contribution in [3.63, 3.8) is 0 Å². The molecule has 0 aliphatic carbocycles. The first-order valence-corrected chi connectivity index (χ1v) is 8.38. The summed E-state index contributed by atoms with van der Waals surface area (Å²) in [5, 5.41) is 0. The van der Waals surface area contributed by atoms with Crippen LogP contribution in [0.5, 0.6) is 0 Å². The number of hydrogen-bond donors (Lipinski definition) is 1. The van der Waals surface area contributed by atoms with Gasteiger partial charge in [0.1, 0.15) is 0 Å². The number of benzene rings is 1. The number of hydrogen-bond acceptors (Lipinski definition) is 3.